The molecule has 29 heavy (non-hydrogen) atoms. The summed E-state index contributed by atoms with van der Waals surface area (Å²) in [5, 5.41) is 6.53. The topological polar surface area (TPSA) is 53.5 Å². The maximum atomic E-state index is 6.26. The van der Waals surface area contributed by atoms with E-state index in [4.69, 9.17) is 14.7 Å². The number of thiophene rings is 1. The van der Waals surface area contributed by atoms with Crippen molar-refractivity contribution < 1.29 is 4.74 Å². The number of anilines is 3. The molecule has 0 amide bonds. The lowest BCUT2D eigenvalue weighted by atomic mass is 10.2. The Morgan fingerprint density at radius 2 is 1.79 bits per heavy atom. The molecule has 1 saturated heterocycles. The van der Waals surface area contributed by atoms with E-state index in [-0.39, 0.29) is 5.60 Å². The van der Waals surface area contributed by atoms with Crippen molar-refractivity contribution in [2.24, 2.45) is 0 Å². The molecule has 3 heterocycles. The summed E-state index contributed by atoms with van der Waals surface area (Å²) in [4.78, 5) is 15.2. The Morgan fingerprint density at radius 1 is 1.07 bits per heavy atom. The van der Waals surface area contributed by atoms with Crippen molar-refractivity contribution in [2.75, 3.05) is 43.4 Å². The Balaban J connectivity index is 1.37. The van der Waals surface area contributed by atoms with Crippen molar-refractivity contribution in [1.29, 1.82) is 0 Å². The number of piperazine rings is 1. The molecule has 0 atom stereocenters. The highest BCUT2D eigenvalue weighted by molar-refractivity contribution is 7.17. The number of ether oxygens (including phenoxy) is 1. The van der Waals surface area contributed by atoms with Gasteiger partial charge in [-0.2, -0.15) is 4.98 Å². The minimum absolute atomic E-state index is 0.0723. The smallest absolute Gasteiger partial charge is 0.231 e. The third kappa shape index (κ3) is 3.89. The van der Waals surface area contributed by atoms with Crippen LogP contribution in [0.5, 0.6) is 5.88 Å². The van der Waals surface area contributed by atoms with E-state index in [0.29, 0.717) is 11.8 Å². The van der Waals surface area contributed by atoms with E-state index >= 15 is 0 Å². The predicted molar refractivity (Wildman–Crippen MR) is 120 cm³/mol. The molecule has 6 nitrogen and oxygen atoms in total. The molecule has 1 aromatic carbocycles. The number of benzene rings is 1. The second kappa shape index (κ2) is 7.15. The summed E-state index contributed by atoms with van der Waals surface area (Å²) in [6.45, 7) is 8.59. The van der Waals surface area contributed by atoms with Crippen molar-refractivity contribution in [2.45, 2.75) is 32.3 Å². The minimum Gasteiger partial charge on any atom is -0.471 e. The standard InChI is InChI=1S/C22H27N5OS/c1-15-14-29-20-18(15)19(28-22(2)8-9-22)24-21(25-20)23-16-4-6-17(7-5-16)27-12-10-26(3)11-13-27/h4-7,14H,8-13H2,1-3H3,(H,23,24,25). The van der Waals surface area contributed by atoms with Gasteiger partial charge in [-0.1, -0.05) is 0 Å². The summed E-state index contributed by atoms with van der Waals surface area (Å²) >= 11 is 1.64. The fourth-order valence-corrected chi connectivity index (χ4v) is 4.55. The molecule has 1 aliphatic carbocycles. The zero-order chi connectivity index (χ0) is 20.0. The van der Waals surface area contributed by atoms with Crippen LogP contribution in [0.15, 0.2) is 29.6 Å². The maximum Gasteiger partial charge on any atom is 0.231 e. The molecule has 1 aliphatic heterocycles. The number of aryl methyl sites for hydroxylation is 1. The van der Waals surface area contributed by atoms with Crippen molar-refractivity contribution in [3.63, 3.8) is 0 Å². The van der Waals surface area contributed by atoms with Gasteiger partial charge in [0.25, 0.3) is 0 Å². The number of likely N-dealkylation sites (N-methyl/N-ethyl adjacent to an activating group) is 1. The Hall–Kier alpha value is -2.38. The molecular weight excluding hydrogens is 382 g/mol. The molecule has 3 aromatic rings. The van der Waals surface area contributed by atoms with Gasteiger partial charge in [-0.15, -0.1) is 11.3 Å². The molecule has 2 aliphatic rings. The zero-order valence-corrected chi connectivity index (χ0v) is 18.1. The summed E-state index contributed by atoms with van der Waals surface area (Å²) < 4.78 is 6.26. The van der Waals surface area contributed by atoms with Crippen molar-refractivity contribution in [1.82, 2.24) is 14.9 Å². The summed E-state index contributed by atoms with van der Waals surface area (Å²) in [6, 6.07) is 8.54. The second-order valence-corrected chi connectivity index (χ2v) is 9.32. The van der Waals surface area contributed by atoms with Crippen LogP contribution < -0.4 is 15.0 Å². The highest BCUT2D eigenvalue weighted by Crippen LogP contribution is 2.42. The van der Waals surface area contributed by atoms with Crippen LogP contribution in [0.25, 0.3) is 10.2 Å². The lowest BCUT2D eigenvalue weighted by Crippen LogP contribution is -2.44. The van der Waals surface area contributed by atoms with E-state index in [1.54, 1.807) is 11.3 Å². The van der Waals surface area contributed by atoms with Crippen LogP contribution in [0.3, 0.4) is 0 Å². The average molecular weight is 410 g/mol. The van der Waals surface area contributed by atoms with Gasteiger partial charge in [0.15, 0.2) is 0 Å². The number of rotatable bonds is 5. The van der Waals surface area contributed by atoms with Crippen molar-refractivity contribution in [3.05, 3.63) is 35.2 Å². The quantitative estimate of drug-likeness (QED) is 0.673. The van der Waals surface area contributed by atoms with Crippen LogP contribution in [-0.2, 0) is 0 Å². The lowest BCUT2D eigenvalue weighted by Gasteiger charge is -2.34. The number of nitrogens with zero attached hydrogens (tertiary/aromatic N) is 4. The fourth-order valence-electron chi connectivity index (χ4n) is 3.64. The first kappa shape index (κ1) is 18.6. The number of aromatic nitrogens is 2. The maximum absolute atomic E-state index is 6.26. The fraction of sp³-hybridized carbons (Fsp3) is 0.455. The lowest BCUT2D eigenvalue weighted by molar-refractivity contribution is 0.195. The molecule has 0 radical (unpaired) electrons. The van der Waals surface area contributed by atoms with E-state index in [9.17, 15) is 0 Å². The normalized spacial score (nSPS) is 18.8. The molecule has 0 unspecified atom stereocenters. The number of fused-ring (bicyclic) bond motifs is 1. The Labute approximate surface area is 175 Å². The van der Waals surface area contributed by atoms with Crippen LogP contribution >= 0.6 is 11.3 Å². The zero-order valence-electron chi connectivity index (χ0n) is 17.2. The van der Waals surface area contributed by atoms with Crippen LogP contribution in [-0.4, -0.2) is 53.7 Å². The molecular formula is C22H27N5OS. The van der Waals surface area contributed by atoms with E-state index in [0.717, 1.165) is 54.9 Å². The van der Waals surface area contributed by atoms with E-state index in [1.807, 2.05) is 0 Å². The van der Waals surface area contributed by atoms with Crippen molar-refractivity contribution in [3.8, 4) is 5.88 Å². The van der Waals surface area contributed by atoms with Crippen LogP contribution in [0.1, 0.15) is 25.3 Å². The predicted octanol–water partition coefficient (Wildman–Crippen LogP) is 4.43. The first-order chi connectivity index (χ1) is 14.0. The number of hydrogen-bond acceptors (Lipinski definition) is 7. The van der Waals surface area contributed by atoms with Gasteiger partial charge >= 0.3 is 0 Å². The van der Waals surface area contributed by atoms with Crippen LogP contribution in [0, 0.1) is 6.92 Å². The first-order valence-corrected chi connectivity index (χ1v) is 11.1. The Kier molecular flexibility index (Phi) is 4.59. The molecule has 1 N–H and O–H groups in total. The second-order valence-electron chi connectivity index (χ2n) is 8.47. The minimum atomic E-state index is -0.0723. The molecule has 0 bridgehead atoms. The van der Waals surface area contributed by atoms with Gasteiger partial charge in [0.1, 0.15) is 10.4 Å². The van der Waals surface area contributed by atoms with Gasteiger partial charge in [-0.25, -0.2) is 4.98 Å². The SMILES string of the molecule is Cc1csc2nc(Nc3ccc(N4CCN(C)CC4)cc3)nc(OC3(C)CC3)c12. The highest BCUT2D eigenvalue weighted by atomic mass is 32.1. The molecule has 1 saturated carbocycles. The van der Waals surface area contributed by atoms with Gasteiger partial charge in [0, 0.05) is 37.6 Å². The Morgan fingerprint density at radius 3 is 2.48 bits per heavy atom. The van der Waals surface area contributed by atoms with Gasteiger partial charge in [0.05, 0.1) is 5.39 Å². The van der Waals surface area contributed by atoms with Gasteiger partial charge in [-0.3, -0.25) is 0 Å². The molecule has 5 rings (SSSR count). The number of nitrogens with one attached hydrogen (secondary N) is 1. The largest absolute Gasteiger partial charge is 0.471 e. The highest BCUT2D eigenvalue weighted by Gasteiger charge is 2.41. The third-order valence-corrected chi connectivity index (χ3v) is 6.86. The summed E-state index contributed by atoms with van der Waals surface area (Å²) in [5.41, 5.74) is 3.35. The van der Waals surface area contributed by atoms with E-state index in [1.165, 1.54) is 11.3 Å². The molecule has 152 valence electrons. The van der Waals surface area contributed by atoms with Crippen LogP contribution in [0.2, 0.25) is 0 Å². The molecule has 7 heteroatoms. The van der Waals surface area contributed by atoms with Gasteiger partial charge < -0.3 is 19.9 Å². The number of hydrogen-bond donors (Lipinski definition) is 1. The molecule has 2 fully saturated rings. The first-order valence-electron chi connectivity index (χ1n) is 10.2. The van der Waals surface area contributed by atoms with E-state index in [2.05, 4.69) is 65.7 Å². The summed E-state index contributed by atoms with van der Waals surface area (Å²) in [6.07, 6.45) is 2.16. The third-order valence-electron chi connectivity index (χ3n) is 5.87. The summed E-state index contributed by atoms with van der Waals surface area (Å²) in [5.74, 6) is 1.29. The summed E-state index contributed by atoms with van der Waals surface area (Å²) in [7, 11) is 2.18. The van der Waals surface area contributed by atoms with Gasteiger partial charge in [0.2, 0.25) is 11.8 Å². The van der Waals surface area contributed by atoms with Crippen molar-refractivity contribution >= 4 is 38.9 Å². The van der Waals surface area contributed by atoms with E-state index < -0.39 is 0 Å². The Bertz CT molecular complexity index is 1020. The average Bonchev–Trinajstić information content (AvgIpc) is 3.31. The molecule has 2 aromatic heterocycles. The van der Waals surface area contributed by atoms with Crippen LogP contribution in [0.4, 0.5) is 17.3 Å². The van der Waals surface area contributed by atoms with Gasteiger partial charge in [-0.05, 0) is 68.9 Å². The molecule has 0 spiro atoms. The monoisotopic (exact) mass is 409 g/mol.